The highest BCUT2D eigenvalue weighted by atomic mass is 15.1. The molecule has 0 amide bonds. The Hall–Kier alpha value is -0.920. The number of hydrogen-bond donors (Lipinski definition) is 0. The second-order valence-corrected chi connectivity index (χ2v) is 7.94. The fourth-order valence-electron chi connectivity index (χ4n) is 3.54. The highest BCUT2D eigenvalue weighted by Crippen LogP contribution is 2.18. The van der Waals surface area contributed by atoms with Crippen LogP contribution in [0, 0.1) is 0 Å². The summed E-state index contributed by atoms with van der Waals surface area (Å²) < 4.78 is 0. The van der Waals surface area contributed by atoms with Crippen LogP contribution in [0.5, 0.6) is 0 Å². The van der Waals surface area contributed by atoms with Gasteiger partial charge >= 0.3 is 0 Å². The van der Waals surface area contributed by atoms with Crippen molar-refractivity contribution in [2.75, 3.05) is 0 Å². The van der Waals surface area contributed by atoms with E-state index in [4.69, 9.17) is 10.2 Å². The van der Waals surface area contributed by atoms with Crippen LogP contribution in [0.15, 0.2) is 34.5 Å². The molecule has 2 atom stereocenters. The Morgan fingerprint density at radius 2 is 1.00 bits per heavy atom. The fraction of sp³-hybridized carbons (Fsp3) is 0.833. The van der Waals surface area contributed by atoms with Crippen LogP contribution in [0.3, 0.4) is 0 Å². The molecule has 150 valence electrons. The van der Waals surface area contributed by atoms with Crippen LogP contribution in [0.1, 0.15) is 117 Å². The minimum atomic E-state index is 0.402. The number of unbranched alkanes of at least 4 members (excludes halogenated alkanes) is 8. The Morgan fingerprint density at radius 1 is 0.577 bits per heavy atom. The molecule has 26 heavy (non-hydrogen) atoms. The lowest BCUT2D eigenvalue weighted by Crippen LogP contribution is -2.07. The van der Waals surface area contributed by atoms with E-state index in [1.165, 1.54) is 89.9 Å². The van der Waals surface area contributed by atoms with Crippen molar-refractivity contribution in [3.05, 3.63) is 24.3 Å². The molecule has 2 heteroatoms. The number of allylic oxidation sites excluding steroid dienone is 2. The van der Waals surface area contributed by atoms with Gasteiger partial charge in [0.05, 0.1) is 12.1 Å². The zero-order valence-corrected chi connectivity index (χ0v) is 17.7. The van der Waals surface area contributed by atoms with Gasteiger partial charge < -0.3 is 0 Å². The van der Waals surface area contributed by atoms with Crippen LogP contribution in [-0.4, -0.2) is 12.1 Å². The third-order valence-electron chi connectivity index (χ3n) is 5.32. The molecule has 0 fully saturated rings. The summed E-state index contributed by atoms with van der Waals surface area (Å²) in [7, 11) is 0. The van der Waals surface area contributed by atoms with Gasteiger partial charge in [-0.1, -0.05) is 102 Å². The summed E-state index contributed by atoms with van der Waals surface area (Å²) in [6, 6.07) is 0.803. The minimum Gasteiger partial charge on any atom is -0.190 e. The first kappa shape index (κ1) is 23.1. The van der Waals surface area contributed by atoms with Gasteiger partial charge in [-0.05, 0) is 38.5 Å². The summed E-state index contributed by atoms with van der Waals surface area (Å²) in [5, 5.41) is 9.62. The van der Waals surface area contributed by atoms with Crippen LogP contribution < -0.4 is 0 Å². The van der Waals surface area contributed by atoms with Crippen molar-refractivity contribution in [2.24, 2.45) is 10.2 Å². The maximum Gasteiger partial charge on any atom is 0.0742 e. The van der Waals surface area contributed by atoms with E-state index in [9.17, 15) is 0 Å². The number of rotatable bonds is 12. The quantitative estimate of drug-likeness (QED) is 0.246. The molecular formula is C24H44N2. The normalized spacial score (nSPS) is 25.2. The van der Waals surface area contributed by atoms with Gasteiger partial charge in [-0.3, -0.25) is 0 Å². The zero-order chi connectivity index (χ0) is 18.7. The second-order valence-electron chi connectivity index (χ2n) is 7.94. The predicted molar refractivity (Wildman–Crippen MR) is 116 cm³/mol. The van der Waals surface area contributed by atoms with Crippen molar-refractivity contribution in [1.82, 2.24) is 0 Å². The zero-order valence-electron chi connectivity index (χ0n) is 17.7. The molecule has 0 N–H and O–H groups in total. The first-order valence-electron chi connectivity index (χ1n) is 11.6. The van der Waals surface area contributed by atoms with E-state index < -0.39 is 0 Å². The molecule has 2 unspecified atom stereocenters. The average Bonchev–Trinajstić information content (AvgIpc) is 2.64. The molecule has 0 saturated carbocycles. The minimum absolute atomic E-state index is 0.402. The fourth-order valence-corrected chi connectivity index (χ4v) is 3.54. The molecule has 0 radical (unpaired) electrons. The van der Waals surface area contributed by atoms with Crippen molar-refractivity contribution in [2.45, 2.75) is 129 Å². The van der Waals surface area contributed by atoms with Crippen molar-refractivity contribution in [3.8, 4) is 0 Å². The highest BCUT2D eigenvalue weighted by Gasteiger charge is 2.09. The molecule has 0 saturated heterocycles. The van der Waals surface area contributed by atoms with E-state index in [0.29, 0.717) is 12.1 Å². The van der Waals surface area contributed by atoms with Gasteiger partial charge in [0.2, 0.25) is 0 Å². The summed E-state index contributed by atoms with van der Waals surface area (Å²) in [6.07, 6.45) is 29.7. The molecule has 1 rings (SSSR count). The van der Waals surface area contributed by atoms with Crippen LogP contribution in [0.4, 0.5) is 0 Å². The van der Waals surface area contributed by atoms with E-state index >= 15 is 0 Å². The van der Waals surface area contributed by atoms with E-state index in [0.717, 1.165) is 12.8 Å². The summed E-state index contributed by atoms with van der Waals surface area (Å²) in [6.45, 7) is 4.56. The smallest absolute Gasteiger partial charge is 0.0742 e. The summed E-state index contributed by atoms with van der Waals surface area (Å²) in [5.41, 5.74) is 0. The molecule has 0 bridgehead atoms. The molecule has 0 aliphatic carbocycles. The van der Waals surface area contributed by atoms with Crippen LogP contribution in [-0.2, 0) is 0 Å². The van der Waals surface area contributed by atoms with E-state index in [1.54, 1.807) is 0 Å². The van der Waals surface area contributed by atoms with Gasteiger partial charge in [-0.25, -0.2) is 0 Å². The van der Waals surface area contributed by atoms with Crippen molar-refractivity contribution in [3.63, 3.8) is 0 Å². The Balaban J connectivity index is 2.48. The lowest BCUT2D eigenvalue weighted by Gasteiger charge is -2.13. The molecule has 0 aromatic carbocycles. The number of nitrogens with zero attached hydrogens (tertiary/aromatic N) is 2. The lowest BCUT2D eigenvalue weighted by molar-refractivity contribution is 0.485. The van der Waals surface area contributed by atoms with Gasteiger partial charge in [-0.2, -0.15) is 10.2 Å². The first-order valence-corrected chi connectivity index (χ1v) is 11.6. The Kier molecular flexibility index (Phi) is 15.6. The van der Waals surface area contributed by atoms with Gasteiger partial charge in [0.25, 0.3) is 0 Å². The standard InChI is InChI=1S/C24H44N2/c1-3-5-7-11-15-19-23-21-17-13-9-10-14-18-22-24(26-25-23)20-16-12-8-6-4-2/h13-14,17-18,23-24H,3-12,15-16,19-22H2,1-2H3/b17-13+,18-14+,26-25+. The molecule has 0 aromatic rings. The molecular weight excluding hydrogens is 316 g/mol. The van der Waals surface area contributed by atoms with Gasteiger partial charge in [0.15, 0.2) is 0 Å². The van der Waals surface area contributed by atoms with Crippen LogP contribution in [0.25, 0.3) is 0 Å². The summed E-state index contributed by atoms with van der Waals surface area (Å²) in [5.74, 6) is 0. The van der Waals surface area contributed by atoms with E-state index in [2.05, 4.69) is 38.2 Å². The Labute approximate surface area is 163 Å². The number of hydrogen-bond acceptors (Lipinski definition) is 2. The second kappa shape index (κ2) is 17.5. The van der Waals surface area contributed by atoms with Crippen molar-refractivity contribution >= 4 is 0 Å². The van der Waals surface area contributed by atoms with E-state index in [1.807, 2.05) is 0 Å². The molecule has 0 aromatic heterocycles. The molecule has 2 nitrogen and oxygen atoms in total. The van der Waals surface area contributed by atoms with Crippen LogP contribution >= 0.6 is 0 Å². The van der Waals surface area contributed by atoms with Crippen LogP contribution in [0.2, 0.25) is 0 Å². The van der Waals surface area contributed by atoms with Gasteiger partial charge in [0.1, 0.15) is 0 Å². The lowest BCUT2D eigenvalue weighted by atomic mass is 10.0. The molecule has 1 aliphatic heterocycles. The largest absolute Gasteiger partial charge is 0.190 e. The SMILES string of the molecule is CCCCCCCC1C/C=C/CC/C=C/CC(CCCCCCC)/N=N/1. The summed E-state index contributed by atoms with van der Waals surface area (Å²) >= 11 is 0. The van der Waals surface area contributed by atoms with E-state index in [-0.39, 0.29) is 0 Å². The Bertz CT molecular complexity index is 348. The third-order valence-corrected chi connectivity index (χ3v) is 5.32. The van der Waals surface area contributed by atoms with Crippen molar-refractivity contribution in [1.29, 1.82) is 0 Å². The molecule has 0 spiro atoms. The van der Waals surface area contributed by atoms with Gasteiger partial charge in [-0.15, -0.1) is 0 Å². The Morgan fingerprint density at radius 3 is 1.42 bits per heavy atom. The highest BCUT2D eigenvalue weighted by molar-refractivity contribution is 4.92. The van der Waals surface area contributed by atoms with Gasteiger partial charge in [0, 0.05) is 0 Å². The first-order chi connectivity index (χ1) is 12.9. The third kappa shape index (κ3) is 13.3. The predicted octanol–water partition coefficient (Wildman–Crippen LogP) is 8.58. The maximum atomic E-state index is 4.81. The number of azo groups is 1. The molecule has 1 heterocycles. The monoisotopic (exact) mass is 360 g/mol. The topological polar surface area (TPSA) is 24.7 Å². The molecule has 1 aliphatic rings. The average molecular weight is 361 g/mol. The van der Waals surface area contributed by atoms with Crippen molar-refractivity contribution < 1.29 is 0 Å². The summed E-state index contributed by atoms with van der Waals surface area (Å²) in [4.78, 5) is 0. The maximum absolute atomic E-state index is 4.81.